The Bertz CT molecular complexity index is 1450. The summed E-state index contributed by atoms with van der Waals surface area (Å²) < 4.78 is 1.67. The lowest BCUT2D eigenvalue weighted by Crippen LogP contribution is -2.06. The summed E-state index contributed by atoms with van der Waals surface area (Å²) in [5.41, 5.74) is 4.91. The van der Waals surface area contributed by atoms with Crippen LogP contribution in [0.3, 0.4) is 0 Å². The molecule has 0 saturated carbocycles. The molecular formula is C20H18N10S. The number of anilines is 2. The molecule has 4 aromatic heterocycles. The highest BCUT2D eigenvalue weighted by molar-refractivity contribution is 7.98. The zero-order valence-corrected chi connectivity index (χ0v) is 18.1. The first-order chi connectivity index (χ1) is 15.0. The maximum Gasteiger partial charge on any atom is 0.272 e. The summed E-state index contributed by atoms with van der Waals surface area (Å²) in [5.74, 6) is 1.26. The molecule has 0 radical (unpaired) electrons. The van der Waals surface area contributed by atoms with Gasteiger partial charge < -0.3 is 0 Å². The minimum Gasteiger partial charge on any atom is -0.293 e. The van der Waals surface area contributed by atoms with Crippen LogP contribution in [0.4, 0.5) is 11.9 Å². The van der Waals surface area contributed by atoms with Gasteiger partial charge in [-0.25, -0.2) is 19.9 Å². The predicted molar refractivity (Wildman–Crippen MR) is 118 cm³/mol. The Labute approximate surface area is 181 Å². The molecule has 10 nitrogen and oxygen atoms in total. The Morgan fingerprint density at radius 1 is 0.935 bits per heavy atom. The van der Waals surface area contributed by atoms with Gasteiger partial charge >= 0.3 is 0 Å². The third-order valence-electron chi connectivity index (χ3n) is 4.82. The molecule has 1 aromatic carbocycles. The van der Waals surface area contributed by atoms with Gasteiger partial charge in [0.15, 0.2) is 0 Å². The molecule has 0 aliphatic heterocycles. The normalized spacial score (nSPS) is 11.4. The summed E-state index contributed by atoms with van der Waals surface area (Å²) in [7, 11) is 0. The van der Waals surface area contributed by atoms with Crippen LogP contribution in [0, 0.1) is 20.8 Å². The van der Waals surface area contributed by atoms with Gasteiger partial charge in [0, 0.05) is 11.6 Å². The SMILES string of the molecule is CSc1nc2nnc(-c3ccnc(Nc4nc(C)c5cc(C)ccc5n4)n3)c(C)n2n1. The van der Waals surface area contributed by atoms with Crippen molar-refractivity contribution in [1.82, 2.24) is 44.7 Å². The maximum absolute atomic E-state index is 4.59. The van der Waals surface area contributed by atoms with Crippen LogP contribution in [0.1, 0.15) is 17.0 Å². The molecule has 0 bridgehead atoms. The van der Waals surface area contributed by atoms with E-state index < -0.39 is 0 Å². The molecule has 11 heteroatoms. The standard InChI is InChI=1S/C20H18N10S/c1-10-5-6-14-13(9-10)11(2)22-18(23-14)25-17-21-8-7-15(24-17)16-12(3)30-19(28-27-16)26-20(29-30)31-4/h5-9H,1-4H3,(H,21,22,23,24,25). The van der Waals surface area contributed by atoms with E-state index in [2.05, 4.69) is 51.6 Å². The van der Waals surface area contributed by atoms with Crippen molar-refractivity contribution < 1.29 is 0 Å². The molecule has 5 rings (SSSR count). The minimum atomic E-state index is 0.369. The number of nitrogens with one attached hydrogen (secondary N) is 1. The van der Waals surface area contributed by atoms with E-state index in [4.69, 9.17) is 0 Å². The van der Waals surface area contributed by atoms with Gasteiger partial charge in [-0.1, -0.05) is 23.4 Å². The Morgan fingerprint density at radius 3 is 2.65 bits per heavy atom. The van der Waals surface area contributed by atoms with Crippen LogP contribution in [-0.2, 0) is 0 Å². The lowest BCUT2D eigenvalue weighted by atomic mass is 10.1. The molecule has 31 heavy (non-hydrogen) atoms. The van der Waals surface area contributed by atoms with Crippen molar-refractivity contribution in [1.29, 1.82) is 0 Å². The van der Waals surface area contributed by atoms with Crippen LogP contribution in [-0.4, -0.2) is 51.0 Å². The fourth-order valence-electron chi connectivity index (χ4n) is 3.27. The topological polar surface area (TPSA) is 120 Å². The number of rotatable bonds is 4. The quantitative estimate of drug-likeness (QED) is 0.425. The van der Waals surface area contributed by atoms with Crippen LogP contribution in [0.25, 0.3) is 28.1 Å². The summed E-state index contributed by atoms with van der Waals surface area (Å²) in [6, 6.07) is 7.86. The van der Waals surface area contributed by atoms with E-state index in [9.17, 15) is 0 Å². The molecule has 154 valence electrons. The molecular weight excluding hydrogens is 412 g/mol. The highest BCUT2D eigenvalue weighted by atomic mass is 32.2. The summed E-state index contributed by atoms with van der Waals surface area (Å²) in [5, 5.41) is 17.7. The van der Waals surface area contributed by atoms with Crippen molar-refractivity contribution in [2.45, 2.75) is 25.9 Å². The average Bonchev–Trinajstić information content (AvgIpc) is 3.19. The van der Waals surface area contributed by atoms with Crippen molar-refractivity contribution in [3.63, 3.8) is 0 Å². The molecule has 0 unspecified atom stereocenters. The van der Waals surface area contributed by atoms with E-state index >= 15 is 0 Å². The molecule has 4 heterocycles. The number of aromatic nitrogens is 9. The minimum absolute atomic E-state index is 0.369. The molecule has 0 fully saturated rings. The first kappa shape index (κ1) is 19.2. The van der Waals surface area contributed by atoms with Crippen LogP contribution in [0.2, 0.25) is 0 Å². The molecule has 0 saturated heterocycles. The van der Waals surface area contributed by atoms with Gasteiger partial charge in [-0.3, -0.25) is 5.32 Å². The number of hydrogen-bond donors (Lipinski definition) is 1. The second kappa shape index (κ2) is 7.51. The van der Waals surface area contributed by atoms with E-state index in [1.54, 1.807) is 16.8 Å². The van der Waals surface area contributed by atoms with E-state index in [0.29, 0.717) is 34.2 Å². The first-order valence-corrected chi connectivity index (χ1v) is 10.7. The maximum atomic E-state index is 4.59. The molecule has 1 N–H and O–H groups in total. The Hall–Kier alpha value is -3.73. The van der Waals surface area contributed by atoms with Gasteiger partial charge in [0.1, 0.15) is 5.69 Å². The predicted octanol–water partition coefficient (Wildman–Crippen LogP) is 3.31. The fourth-order valence-corrected chi connectivity index (χ4v) is 3.60. The zero-order valence-electron chi connectivity index (χ0n) is 17.3. The van der Waals surface area contributed by atoms with Crippen LogP contribution < -0.4 is 5.32 Å². The molecule has 0 spiro atoms. The highest BCUT2D eigenvalue weighted by Gasteiger charge is 2.15. The van der Waals surface area contributed by atoms with Gasteiger partial charge in [0.25, 0.3) is 5.78 Å². The molecule has 0 aliphatic carbocycles. The fraction of sp³-hybridized carbons (Fsp3) is 0.200. The number of aryl methyl sites for hydroxylation is 3. The van der Waals surface area contributed by atoms with Crippen LogP contribution in [0.5, 0.6) is 0 Å². The van der Waals surface area contributed by atoms with Crippen LogP contribution in [0.15, 0.2) is 35.6 Å². The second-order valence-electron chi connectivity index (χ2n) is 6.99. The molecule has 0 atom stereocenters. The zero-order chi connectivity index (χ0) is 21.5. The van der Waals surface area contributed by atoms with Gasteiger partial charge in [0.2, 0.25) is 17.1 Å². The van der Waals surface area contributed by atoms with E-state index in [-0.39, 0.29) is 0 Å². The lowest BCUT2D eigenvalue weighted by Gasteiger charge is -2.09. The first-order valence-electron chi connectivity index (χ1n) is 9.51. The van der Waals surface area contributed by atoms with E-state index in [0.717, 1.165) is 22.3 Å². The number of benzene rings is 1. The van der Waals surface area contributed by atoms with Gasteiger partial charge in [-0.2, -0.15) is 9.50 Å². The number of thioether (sulfide) groups is 1. The summed E-state index contributed by atoms with van der Waals surface area (Å²) in [4.78, 5) is 22.4. The number of fused-ring (bicyclic) bond motifs is 2. The smallest absolute Gasteiger partial charge is 0.272 e. The Kier molecular flexibility index (Phi) is 4.66. The Morgan fingerprint density at radius 2 is 1.81 bits per heavy atom. The Balaban J connectivity index is 1.51. The highest BCUT2D eigenvalue weighted by Crippen LogP contribution is 2.22. The van der Waals surface area contributed by atoms with E-state index in [1.807, 2.05) is 39.2 Å². The number of hydrogen-bond acceptors (Lipinski definition) is 10. The van der Waals surface area contributed by atoms with Gasteiger partial charge in [-0.05, 0) is 45.2 Å². The van der Waals surface area contributed by atoms with Crippen LogP contribution >= 0.6 is 11.8 Å². The van der Waals surface area contributed by atoms with E-state index in [1.165, 1.54) is 17.3 Å². The average molecular weight is 431 g/mol. The molecule has 0 aliphatic rings. The van der Waals surface area contributed by atoms with Gasteiger partial charge in [-0.15, -0.1) is 15.3 Å². The van der Waals surface area contributed by atoms with Crippen molar-refractivity contribution in [3.8, 4) is 11.4 Å². The van der Waals surface area contributed by atoms with Crippen molar-refractivity contribution in [2.75, 3.05) is 11.6 Å². The summed E-state index contributed by atoms with van der Waals surface area (Å²) >= 11 is 1.45. The molecule has 5 aromatic rings. The summed E-state index contributed by atoms with van der Waals surface area (Å²) in [6.07, 6.45) is 3.57. The third kappa shape index (κ3) is 3.52. The van der Waals surface area contributed by atoms with Crippen molar-refractivity contribution in [2.24, 2.45) is 0 Å². The monoisotopic (exact) mass is 430 g/mol. The summed E-state index contributed by atoms with van der Waals surface area (Å²) in [6.45, 7) is 5.91. The van der Waals surface area contributed by atoms with Crippen molar-refractivity contribution >= 4 is 40.3 Å². The largest absolute Gasteiger partial charge is 0.293 e. The van der Waals surface area contributed by atoms with Gasteiger partial charge in [0.05, 0.1) is 22.6 Å². The third-order valence-corrected chi connectivity index (χ3v) is 5.35. The second-order valence-corrected chi connectivity index (χ2v) is 7.76. The lowest BCUT2D eigenvalue weighted by molar-refractivity contribution is 0.824. The van der Waals surface area contributed by atoms with Crippen molar-refractivity contribution in [3.05, 3.63) is 47.4 Å². The molecule has 0 amide bonds. The number of nitrogens with zero attached hydrogens (tertiary/aromatic N) is 9.